The van der Waals surface area contributed by atoms with Crippen LogP contribution in [0.2, 0.25) is 0 Å². The van der Waals surface area contributed by atoms with Crippen LogP contribution in [-0.2, 0) is 16.1 Å². The van der Waals surface area contributed by atoms with Gasteiger partial charge in [-0.05, 0) is 87.2 Å². The van der Waals surface area contributed by atoms with E-state index in [0.29, 0.717) is 16.8 Å². The van der Waals surface area contributed by atoms with Crippen molar-refractivity contribution in [1.29, 1.82) is 0 Å². The second kappa shape index (κ2) is 10.9. The third-order valence-electron chi connectivity index (χ3n) is 7.60. The average Bonchev–Trinajstić information content (AvgIpc) is 3.35. The monoisotopic (exact) mass is 534 g/mol. The predicted molar refractivity (Wildman–Crippen MR) is 158 cm³/mol. The summed E-state index contributed by atoms with van der Waals surface area (Å²) in [5, 5.41) is 12.6. The molecule has 2 aromatic heterocycles. The number of anilines is 1. The quantitative estimate of drug-likeness (QED) is 0.277. The van der Waals surface area contributed by atoms with Crippen molar-refractivity contribution in [2.75, 3.05) is 4.90 Å². The molecule has 40 heavy (non-hydrogen) atoms. The highest BCUT2D eigenvalue weighted by atomic mass is 16.2. The van der Waals surface area contributed by atoms with Crippen molar-refractivity contribution in [3.8, 4) is 0 Å². The number of hydrogen-bond donors (Lipinski definition) is 1. The standard InChI is InChI=1S/C32H34N6O2/c1-6-32(4,5)34-31(40)30(24-16-17-25-23(19-24)12-10-18-33-25)38(27-15-9-11-21(2)22(27)3)29(39)20-37-28-14-8-7-13-26(28)35-36-37/h7-19,30H,6,20H2,1-5H3,(H,34,40)/t30-/m1/s1. The van der Waals surface area contributed by atoms with Gasteiger partial charge in [0.15, 0.2) is 0 Å². The van der Waals surface area contributed by atoms with Gasteiger partial charge < -0.3 is 5.32 Å². The lowest BCUT2D eigenvalue weighted by molar-refractivity contribution is -0.128. The lowest BCUT2D eigenvalue weighted by Crippen LogP contribution is -2.51. The number of hydrogen-bond acceptors (Lipinski definition) is 5. The fourth-order valence-corrected chi connectivity index (χ4v) is 4.82. The highest BCUT2D eigenvalue weighted by molar-refractivity contribution is 6.02. The number of aromatic nitrogens is 4. The lowest BCUT2D eigenvalue weighted by atomic mass is 9.96. The maximum Gasteiger partial charge on any atom is 0.249 e. The molecular weight excluding hydrogens is 500 g/mol. The Morgan fingerprint density at radius 2 is 1.77 bits per heavy atom. The van der Waals surface area contributed by atoms with Crippen LogP contribution >= 0.6 is 0 Å². The topological polar surface area (TPSA) is 93.0 Å². The molecule has 0 saturated carbocycles. The molecule has 3 aromatic carbocycles. The van der Waals surface area contributed by atoms with Gasteiger partial charge in [-0.25, -0.2) is 4.68 Å². The molecule has 5 aromatic rings. The Morgan fingerprint density at radius 1 is 0.975 bits per heavy atom. The number of carbonyl (C=O) groups excluding carboxylic acids is 2. The normalized spacial score (nSPS) is 12.4. The van der Waals surface area contributed by atoms with Gasteiger partial charge in [0.2, 0.25) is 11.8 Å². The van der Waals surface area contributed by atoms with E-state index in [1.54, 1.807) is 15.8 Å². The molecule has 5 rings (SSSR count). The smallest absolute Gasteiger partial charge is 0.249 e. The summed E-state index contributed by atoms with van der Waals surface area (Å²) >= 11 is 0. The molecule has 0 radical (unpaired) electrons. The van der Waals surface area contributed by atoms with Crippen LogP contribution in [0.1, 0.15) is 49.9 Å². The van der Waals surface area contributed by atoms with Crippen molar-refractivity contribution in [2.24, 2.45) is 0 Å². The van der Waals surface area contributed by atoms with E-state index in [9.17, 15) is 9.59 Å². The van der Waals surface area contributed by atoms with Gasteiger partial charge in [-0.2, -0.15) is 0 Å². The number of para-hydroxylation sites is 1. The van der Waals surface area contributed by atoms with Crippen LogP contribution < -0.4 is 10.2 Å². The third kappa shape index (κ3) is 5.30. The van der Waals surface area contributed by atoms with Gasteiger partial charge in [-0.15, -0.1) is 5.10 Å². The van der Waals surface area contributed by atoms with E-state index in [0.717, 1.165) is 34.0 Å². The zero-order valence-electron chi connectivity index (χ0n) is 23.5. The number of nitrogens with one attached hydrogen (secondary N) is 1. The summed E-state index contributed by atoms with van der Waals surface area (Å²) < 4.78 is 1.59. The molecule has 8 heteroatoms. The molecule has 0 saturated heterocycles. The minimum absolute atomic E-state index is 0.0794. The molecule has 0 spiro atoms. The minimum Gasteiger partial charge on any atom is -0.349 e. The molecule has 0 fully saturated rings. The number of fused-ring (bicyclic) bond motifs is 2. The average molecular weight is 535 g/mol. The SMILES string of the molecule is CCC(C)(C)NC(=O)[C@@H](c1ccc2ncccc2c1)N(C(=O)Cn1nnc2ccccc21)c1cccc(C)c1C. The highest BCUT2D eigenvalue weighted by Gasteiger charge is 2.36. The Labute approximate surface area is 234 Å². The highest BCUT2D eigenvalue weighted by Crippen LogP contribution is 2.34. The van der Waals surface area contributed by atoms with Crippen molar-refractivity contribution in [1.82, 2.24) is 25.3 Å². The summed E-state index contributed by atoms with van der Waals surface area (Å²) in [5.41, 5.74) is 5.13. The Hall–Kier alpha value is -4.59. The van der Waals surface area contributed by atoms with Gasteiger partial charge in [0.25, 0.3) is 0 Å². The molecule has 8 nitrogen and oxygen atoms in total. The minimum atomic E-state index is -0.932. The Morgan fingerprint density at radius 3 is 2.58 bits per heavy atom. The van der Waals surface area contributed by atoms with Crippen LogP contribution in [0.25, 0.3) is 21.9 Å². The molecule has 204 valence electrons. The van der Waals surface area contributed by atoms with Crippen molar-refractivity contribution in [3.05, 3.63) is 95.7 Å². The lowest BCUT2D eigenvalue weighted by Gasteiger charge is -2.35. The summed E-state index contributed by atoms with van der Waals surface area (Å²) in [6.07, 6.45) is 2.47. The van der Waals surface area contributed by atoms with E-state index >= 15 is 0 Å². The number of nitrogens with zero attached hydrogens (tertiary/aromatic N) is 5. The first kappa shape index (κ1) is 27.0. The molecule has 2 heterocycles. The molecule has 0 unspecified atom stereocenters. The zero-order chi connectivity index (χ0) is 28.4. The van der Waals surface area contributed by atoms with Crippen LogP contribution in [0.15, 0.2) is 79.0 Å². The largest absolute Gasteiger partial charge is 0.349 e. The molecule has 0 bridgehead atoms. The molecule has 2 amide bonds. The van der Waals surface area contributed by atoms with E-state index in [-0.39, 0.29) is 18.4 Å². The van der Waals surface area contributed by atoms with E-state index < -0.39 is 11.6 Å². The van der Waals surface area contributed by atoms with Gasteiger partial charge in [0.05, 0.1) is 11.0 Å². The number of benzene rings is 3. The van der Waals surface area contributed by atoms with Gasteiger partial charge in [0, 0.05) is 22.8 Å². The summed E-state index contributed by atoms with van der Waals surface area (Å²) in [4.78, 5) is 34.7. The fourth-order valence-electron chi connectivity index (χ4n) is 4.82. The van der Waals surface area contributed by atoms with Crippen molar-refractivity contribution in [3.63, 3.8) is 0 Å². The summed E-state index contributed by atoms with van der Waals surface area (Å²) in [6, 6.07) is 22.0. The number of pyridine rings is 1. The zero-order valence-corrected chi connectivity index (χ0v) is 23.5. The second-order valence-corrected chi connectivity index (χ2v) is 10.8. The van der Waals surface area contributed by atoms with Gasteiger partial charge in [-0.1, -0.05) is 48.5 Å². The van der Waals surface area contributed by atoms with E-state index in [1.165, 1.54) is 0 Å². The number of aryl methyl sites for hydroxylation is 1. The summed E-state index contributed by atoms with van der Waals surface area (Å²) in [7, 11) is 0. The fraction of sp³-hybridized carbons (Fsp3) is 0.281. The maximum absolute atomic E-state index is 14.4. The van der Waals surface area contributed by atoms with Gasteiger partial charge in [0.1, 0.15) is 18.1 Å². The first-order valence-electron chi connectivity index (χ1n) is 13.5. The molecule has 1 N–H and O–H groups in total. The van der Waals surface area contributed by atoms with Crippen LogP contribution in [0.3, 0.4) is 0 Å². The van der Waals surface area contributed by atoms with Crippen LogP contribution in [0.5, 0.6) is 0 Å². The third-order valence-corrected chi connectivity index (χ3v) is 7.60. The number of carbonyl (C=O) groups is 2. The first-order chi connectivity index (χ1) is 19.2. The summed E-state index contributed by atoms with van der Waals surface area (Å²) in [6.45, 7) is 9.90. The second-order valence-electron chi connectivity index (χ2n) is 10.8. The Kier molecular flexibility index (Phi) is 7.34. The molecular formula is C32H34N6O2. The van der Waals surface area contributed by atoms with Crippen molar-refractivity contribution < 1.29 is 9.59 Å². The first-order valence-corrected chi connectivity index (χ1v) is 13.5. The maximum atomic E-state index is 14.4. The van der Waals surface area contributed by atoms with E-state index in [4.69, 9.17) is 0 Å². The Bertz CT molecular complexity index is 1710. The molecule has 0 aliphatic heterocycles. The summed E-state index contributed by atoms with van der Waals surface area (Å²) in [5.74, 6) is -0.530. The molecule has 1 atom stereocenters. The van der Waals surface area contributed by atoms with E-state index in [1.807, 2.05) is 107 Å². The number of amides is 2. The Balaban J connectivity index is 1.68. The molecule has 0 aliphatic carbocycles. The van der Waals surface area contributed by atoms with Crippen LogP contribution in [0, 0.1) is 13.8 Å². The van der Waals surface area contributed by atoms with Gasteiger partial charge in [-0.3, -0.25) is 19.5 Å². The predicted octanol–water partition coefficient (Wildman–Crippen LogP) is 5.68. The van der Waals surface area contributed by atoms with Crippen LogP contribution in [-0.4, -0.2) is 37.3 Å². The van der Waals surface area contributed by atoms with Gasteiger partial charge >= 0.3 is 0 Å². The van der Waals surface area contributed by atoms with Crippen molar-refractivity contribution in [2.45, 2.75) is 59.2 Å². The number of rotatable bonds is 8. The van der Waals surface area contributed by atoms with E-state index in [2.05, 4.69) is 20.6 Å². The van der Waals surface area contributed by atoms with Crippen LogP contribution in [0.4, 0.5) is 5.69 Å². The van der Waals surface area contributed by atoms with Crippen molar-refractivity contribution >= 4 is 39.4 Å². The molecule has 0 aliphatic rings.